The average Bonchev–Trinajstić information content (AvgIpc) is 2.89. The van der Waals surface area contributed by atoms with Crippen molar-refractivity contribution in [2.45, 2.75) is 6.04 Å². The van der Waals surface area contributed by atoms with E-state index in [1.165, 1.54) is 34.1 Å². The van der Waals surface area contributed by atoms with E-state index >= 15 is 0 Å². The number of halogens is 1. The first-order valence-corrected chi connectivity index (χ1v) is 11.3. The van der Waals surface area contributed by atoms with Gasteiger partial charge in [0.15, 0.2) is 23.0 Å². The zero-order chi connectivity index (χ0) is 23.9. The standard InChI is InChI=1S/C26H21FN2O6/c27-17-3-1-16(2-4-17)25-26(31)28(18-5-7-20-22(13-18)34-11-9-32-20)15-24(30)29(25)19-6-8-21-23(14-19)35-12-10-33-21/h1-8,13-14,25H,9-12,15H2/t25-/m0/s1. The van der Waals surface area contributed by atoms with Crippen LogP contribution in [0.4, 0.5) is 15.8 Å². The molecule has 0 bridgehead atoms. The Morgan fingerprint density at radius 1 is 0.686 bits per heavy atom. The highest BCUT2D eigenvalue weighted by atomic mass is 19.1. The van der Waals surface area contributed by atoms with Crippen molar-refractivity contribution in [3.8, 4) is 23.0 Å². The molecule has 2 amide bonds. The molecule has 6 rings (SSSR count). The summed E-state index contributed by atoms with van der Waals surface area (Å²) in [4.78, 5) is 30.3. The molecule has 178 valence electrons. The van der Waals surface area contributed by atoms with Crippen LogP contribution in [-0.2, 0) is 9.59 Å². The number of ether oxygens (including phenoxy) is 4. The van der Waals surface area contributed by atoms with Crippen LogP contribution in [0.1, 0.15) is 11.6 Å². The monoisotopic (exact) mass is 476 g/mol. The number of rotatable bonds is 3. The first kappa shape index (κ1) is 21.3. The quantitative estimate of drug-likeness (QED) is 0.576. The number of nitrogens with zero attached hydrogens (tertiary/aromatic N) is 2. The van der Waals surface area contributed by atoms with Crippen molar-refractivity contribution >= 4 is 23.2 Å². The molecule has 0 radical (unpaired) electrons. The molecule has 0 spiro atoms. The highest BCUT2D eigenvalue weighted by Crippen LogP contribution is 2.41. The summed E-state index contributed by atoms with van der Waals surface area (Å²) in [6, 6.07) is 14.8. The average molecular weight is 476 g/mol. The van der Waals surface area contributed by atoms with E-state index in [0.29, 0.717) is 66.4 Å². The number of anilines is 2. The van der Waals surface area contributed by atoms with Crippen LogP contribution >= 0.6 is 0 Å². The van der Waals surface area contributed by atoms with Gasteiger partial charge in [0.25, 0.3) is 5.91 Å². The maximum Gasteiger partial charge on any atom is 0.255 e. The van der Waals surface area contributed by atoms with Gasteiger partial charge < -0.3 is 23.8 Å². The van der Waals surface area contributed by atoms with Crippen molar-refractivity contribution < 1.29 is 32.9 Å². The predicted octanol–water partition coefficient (Wildman–Crippen LogP) is 3.49. The summed E-state index contributed by atoms with van der Waals surface area (Å²) in [6.07, 6.45) is 0. The first-order chi connectivity index (χ1) is 17.1. The molecule has 3 heterocycles. The summed E-state index contributed by atoms with van der Waals surface area (Å²) < 4.78 is 36.2. The molecule has 35 heavy (non-hydrogen) atoms. The fraction of sp³-hybridized carbons (Fsp3) is 0.231. The molecule has 1 atom stereocenters. The molecular formula is C26H21FN2O6. The Hall–Kier alpha value is -4.27. The third-order valence-electron chi connectivity index (χ3n) is 6.15. The van der Waals surface area contributed by atoms with Gasteiger partial charge in [-0.1, -0.05) is 12.1 Å². The van der Waals surface area contributed by atoms with Crippen molar-refractivity contribution in [1.29, 1.82) is 0 Å². The van der Waals surface area contributed by atoms with Crippen molar-refractivity contribution in [2.24, 2.45) is 0 Å². The number of piperazine rings is 1. The van der Waals surface area contributed by atoms with E-state index in [2.05, 4.69) is 0 Å². The minimum Gasteiger partial charge on any atom is -0.486 e. The summed E-state index contributed by atoms with van der Waals surface area (Å²) in [5.41, 5.74) is 1.49. The summed E-state index contributed by atoms with van der Waals surface area (Å²) in [7, 11) is 0. The number of hydrogen-bond acceptors (Lipinski definition) is 6. The fourth-order valence-corrected chi connectivity index (χ4v) is 4.52. The van der Waals surface area contributed by atoms with E-state index in [4.69, 9.17) is 18.9 Å². The molecular weight excluding hydrogens is 455 g/mol. The maximum absolute atomic E-state index is 13.9. The van der Waals surface area contributed by atoms with Crippen LogP contribution in [-0.4, -0.2) is 44.8 Å². The van der Waals surface area contributed by atoms with Crippen molar-refractivity contribution in [2.75, 3.05) is 42.8 Å². The molecule has 3 aliphatic rings. The SMILES string of the molecule is O=C1[C@H](c2ccc(F)cc2)N(c2ccc3c(c2)OCCO3)C(=O)CN1c1ccc2c(c1)OCCO2. The van der Waals surface area contributed by atoms with Gasteiger partial charge in [-0.3, -0.25) is 14.5 Å². The van der Waals surface area contributed by atoms with Crippen molar-refractivity contribution in [3.05, 3.63) is 72.0 Å². The smallest absolute Gasteiger partial charge is 0.255 e. The van der Waals surface area contributed by atoms with Crippen LogP contribution in [0.25, 0.3) is 0 Å². The van der Waals surface area contributed by atoms with Crippen LogP contribution in [0.3, 0.4) is 0 Å². The van der Waals surface area contributed by atoms with Gasteiger partial charge in [-0.25, -0.2) is 4.39 Å². The van der Waals surface area contributed by atoms with Gasteiger partial charge in [-0.15, -0.1) is 0 Å². The van der Waals surface area contributed by atoms with E-state index in [9.17, 15) is 14.0 Å². The van der Waals surface area contributed by atoms with Crippen LogP contribution in [0, 0.1) is 5.82 Å². The van der Waals surface area contributed by atoms with Crippen LogP contribution in [0.5, 0.6) is 23.0 Å². The van der Waals surface area contributed by atoms with E-state index < -0.39 is 11.9 Å². The molecule has 1 fully saturated rings. The van der Waals surface area contributed by atoms with Crippen molar-refractivity contribution in [1.82, 2.24) is 0 Å². The zero-order valence-electron chi connectivity index (χ0n) is 18.6. The van der Waals surface area contributed by atoms with Gasteiger partial charge in [-0.05, 0) is 42.0 Å². The maximum atomic E-state index is 13.9. The molecule has 1 saturated heterocycles. The molecule has 3 aromatic carbocycles. The van der Waals surface area contributed by atoms with E-state index in [1.54, 1.807) is 36.4 Å². The van der Waals surface area contributed by atoms with Gasteiger partial charge >= 0.3 is 0 Å². The molecule has 3 aromatic rings. The van der Waals surface area contributed by atoms with Gasteiger partial charge in [0, 0.05) is 23.5 Å². The topological polar surface area (TPSA) is 77.5 Å². The first-order valence-electron chi connectivity index (χ1n) is 11.3. The number of carbonyl (C=O) groups excluding carboxylic acids is 2. The Kier molecular flexibility index (Phi) is 5.17. The summed E-state index contributed by atoms with van der Waals surface area (Å²) in [5, 5.41) is 0. The summed E-state index contributed by atoms with van der Waals surface area (Å²) >= 11 is 0. The Morgan fingerprint density at radius 3 is 1.86 bits per heavy atom. The Bertz CT molecular complexity index is 1310. The normalized spacial score (nSPS) is 19.1. The third-order valence-corrected chi connectivity index (χ3v) is 6.15. The summed E-state index contributed by atoms with van der Waals surface area (Å²) in [6.45, 7) is 1.51. The second kappa shape index (κ2) is 8.50. The molecule has 3 aliphatic heterocycles. The lowest BCUT2D eigenvalue weighted by molar-refractivity contribution is -0.128. The zero-order valence-corrected chi connectivity index (χ0v) is 18.6. The fourth-order valence-electron chi connectivity index (χ4n) is 4.52. The lowest BCUT2D eigenvalue weighted by Gasteiger charge is -2.40. The highest BCUT2D eigenvalue weighted by molar-refractivity contribution is 6.14. The van der Waals surface area contributed by atoms with E-state index in [0.717, 1.165) is 0 Å². The van der Waals surface area contributed by atoms with Gasteiger partial charge in [0.2, 0.25) is 5.91 Å². The largest absolute Gasteiger partial charge is 0.486 e. The number of fused-ring (bicyclic) bond motifs is 2. The van der Waals surface area contributed by atoms with Crippen LogP contribution < -0.4 is 28.7 Å². The lowest BCUT2D eigenvalue weighted by atomic mass is 9.99. The number of benzene rings is 3. The van der Waals surface area contributed by atoms with Gasteiger partial charge in [0.1, 0.15) is 44.8 Å². The third kappa shape index (κ3) is 3.78. The van der Waals surface area contributed by atoms with Gasteiger partial charge in [-0.2, -0.15) is 0 Å². The Balaban J connectivity index is 1.42. The second-order valence-electron chi connectivity index (χ2n) is 8.30. The van der Waals surface area contributed by atoms with Crippen molar-refractivity contribution in [3.63, 3.8) is 0 Å². The van der Waals surface area contributed by atoms with E-state index in [1.807, 2.05) is 0 Å². The lowest BCUT2D eigenvalue weighted by Crippen LogP contribution is -2.56. The van der Waals surface area contributed by atoms with Crippen LogP contribution in [0.2, 0.25) is 0 Å². The summed E-state index contributed by atoms with van der Waals surface area (Å²) in [5.74, 6) is 1.12. The van der Waals surface area contributed by atoms with Gasteiger partial charge in [0.05, 0.1) is 0 Å². The Labute approximate surface area is 200 Å². The van der Waals surface area contributed by atoms with E-state index in [-0.39, 0.29) is 18.4 Å². The number of carbonyl (C=O) groups is 2. The minimum atomic E-state index is -1.01. The number of amides is 2. The minimum absolute atomic E-state index is 0.176. The molecule has 0 N–H and O–H groups in total. The predicted molar refractivity (Wildman–Crippen MR) is 124 cm³/mol. The molecule has 8 nitrogen and oxygen atoms in total. The molecule has 0 aliphatic carbocycles. The Morgan fingerprint density at radius 2 is 1.23 bits per heavy atom. The molecule has 9 heteroatoms. The molecule has 0 aromatic heterocycles. The molecule has 0 saturated carbocycles. The number of hydrogen-bond donors (Lipinski definition) is 0. The molecule has 0 unspecified atom stereocenters. The second-order valence-corrected chi connectivity index (χ2v) is 8.30. The highest BCUT2D eigenvalue weighted by Gasteiger charge is 2.42. The van der Waals surface area contributed by atoms with Crippen LogP contribution in [0.15, 0.2) is 60.7 Å².